The number of carbonyl (C=O) groups excluding carboxylic acids is 1. The normalized spacial score (nSPS) is 18.7. The van der Waals surface area contributed by atoms with Crippen LogP contribution in [0.2, 0.25) is 0 Å². The molecule has 0 saturated heterocycles. The highest BCUT2D eigenvalue weighted by molar-refractivity contribution is 5.92. The number of pyridine rings is 2. The lowest BCUT2D eigenvalue weighted by atomic mass is 9.92. The number of nitrogens with one attached hydrogen (secondary N) is 4. The zero-order valence-electron chi connectivity index (χ0n) is 16.9. The fourth-order valence-electron chi connectivity index (χ4n) is 3.54. The lowest BCUT2D eigenvalue weighted by molar-refractivity contribution is 0.0158. The Morgan fingerprint density at radius 3 is 2.90 bits per heavy atom. The second-order valence-corrected chi connectivity index (χ2v) is 7.10. The third-order valence-electron chi connectivity index (χ3n) is 4.91. The van der Waals surface area contributed by atoms with Crippen molar-refractivity contribution >= 4 is 29.4 Å². The Labute approximate surface area is 171 Å². The van der Waals surface area contributed by atoms with Crippen LogP contribution < -0.4 is 16.0 Å². The van der Waals surface area contributed by atoms with Crippen LogP contribution >= 0.6 is 0 Å². The van der Waals surface area contributed by atoms with Gasteiger partial charge in [-0.2, -0.15) is 0 Å². The first-order valence-corrected chi connectivity index (χ1v) is 9.98. The van der Waals surface area contributed by atoms with Gasteiger partial charge < -0.3 is 20.8 Å². The molecule has 29 heavy (non-hydrogen) atoms. The number of anilines is 3. The fraction of sp³-hybridized carbons (Fsp3) is 0.429. The van der Waals surface area contributed by atoms with E-state index in [1.807, 2.05) is 26.0 Å². The van der Waals surface area contributed by atoms with Crippen molar-refractivity contribution < 1.29 is 9.53 Å². The molecule has 0 aromatic carbocycles. The summed E-state index contributed by atoms with van der Waals surface area (Å²) in [6.45, 7) is 4.52. The molecule has 8 nitrogen and oxygen atoms in total. The number of carbonyl (C=O) groups is 1. The molecule has 3 rings (SSSR count). The molecule has 2 heterocycles. The van der Waals surface area contributed by atoms with E-state index >= 15 is 0 Å². The molecule has 2 aromatic heterocycles. The van der Waals surface area contributed by atoms with E-state index in [1.165, 1.54) is 6.21 Å². The number of hydrogen-bond acceptors (Lipinski definition) is 6. The molecule has 2 aromatic rings. The summed E-state index contributed by atoms with van der Waals surface area (Å²) in [6.07, 6.45) is 8.69. The number of aryl methyl sites for hydroxylation is 1. The van der Waals surface area contributed by atoms with Gasteiger partial charge in [-0.25, -0.2) is 9.78 Å². The first kappa shape index (κ1) is 20.7. The van der Waals surface area contributed by atoms with E-state index < -0.39 is 0 Å². The van der Waals surface area contributed by atoms with Crippen LogP contribution in [0.3, 0.4) is 0 Å². The summed E-state index contributed by atoms with van der Waals surface area (Å²) in [5.41, 5.74) is 3.05. The molecule has 0 bridgehead atoms. The van der Waals surface area contributed by atoms with Gasteiger partial charge in [-0.3, -0.25) is 10.3 Å². The first-order chi connectivity index (χ1) is 14.1. The van der Waals surface area contributed by atoms with Crippen LogP contribution in [-0.2, 0) is 4.74 Å². The van der Waals surface area contributed by atoms with Crippen molar-refractivity contribution in [3.63, 3.8) is 0 Å². The summed E-state index contributed by atoms with van der Waals surface area (Å²) < 4.78 is 5.76. The molecule has 2 amide bonds. The number of aromatic nitrogens is 2. The van der Waals surface area contributed by atoms with E-state index in [0.29, 0.717) is 23.7 Å². The Hall–Kier alpha value is -3.00. The van der Waals surface area contributed by atoms with E-state index in [-0.39, 0.29) is 18.2 Å². The zero-order valence-corrected chi connectivity index (χ0v) is 16.9. The number of nitrogens with zero attached hydrogens (tertiary/aromatic N) is 2. The van der Waals surface area contributed by atoms with E-state index in [4.69, 9.17) is 10.1 Å². The van der Waals surface area contributed by atoms with E-state index in [2.05, 4.69) is 25.9 Å². The third-order valence-corrected chi connectivity index (χ3v) is 4.91. The van der Waals surface area contributed by atoms with Crippen molar-refractivity contribution in [3.05, 3.63) is 41.9 Å². The summed E-state index contributed by atoms with van der Waals surface area (Å²) in [4.78, 5) is 20.9. The van der Waals surface area contributed by atoms with Crippen LogP contribution in [0.15, 0.2) is 30.6 Å². The second kappa shape index (κ2) is 9.97. The van der Waals surface area contributed by atoms with Crippen LogP contribution in [0, 0.1) is 12.3 Å². The molecule has 0 aliphatic heterocycles. The molecular weight excluding hydrogens is 368 g/mol. The molecule has 0 spiro atoms. The molecule has 1 fully saturated rings. The Morgan fingerprint density at radius 2 is 2.14 bits per heavy atom. The Kier molecular flexibility index (Phi) is 7.13. The van der Waals surface area contributed by atoms with Crippen LogP contribution in [-0.4, -0.2) is 41.0 Å². The number of ether oxygens (including phenoxy) is 1. The SMILES string of the molecule is CCO[C@H]1CCCC[C@@H]1NC(=O)Nc1cc(C=N)c(Nc2ccnc(C)c2)cn1. The molecule has 8 heteroatoms. The summed E-state index contributed by atoms with van der Waals surface area (Å²) in [5, 5.41) is 16.7. The van der Waals surface area contributed by atoms with Gasteiger partial charge in [0.05, 0.1) is 24.0 Å². The number of urea groups is 1. The summed E-state index contributed by atoms with van der Waals surface area (Å²) >= 11 is 0. The lowest BCUT2D eigenvalue weighted by Gasteiger charge is -2.31. The van der Waals surface area contributed by atoms with Gasteiger partial charge in [0.1, 0.15) is 5.82 Å². The van der Waals surface area contributed by atoms with Crippen molar-refractivity contribution in [2.24, 2.45) is 0 Å². The maximum Gasteiger partial charge on any atom is 0.320 e. The molecular formula is C21H28N6O2. The van der Waals surface area contributed by atoms with Gasteiger partial charge in [-0.15, -0.1) is 0 Å². The minimum absolute atomic E-state index is 0.00165. The largest absolute Gasteiger partial charge is 0.376 e. The quantitative estimate of drug-likeness (QED) is 0.529. The molecule has 0 radical (unpaired) electrons. The van der Waals surface area contributed by atoms with Crippen molar-refractivity contribution in [3.8, 4) is 0 Å². The van der Waals surface area contributed by atoms with Crippen LogP contribution in [0.1, 0.15) is 43.9 Å². The number of rotatable bonds is 7. The van der Waals surface area contributed by atoms with Gasteiger partial charge in [0.15, 0.2) is 0 Å². The summed E-state index contributed by atoms with van der Waals surface area (Å²) in [6, 6.07) is 5.12. The second-order valence-electron chi connectivity index (χ2n) is 7.10. The predicted octanol–water partition coefficient (Wildman–Crippen LogP) is 4.00. The Balaban J connectivity index is 1.64. The van der Waals surface area contributed by atoms with E-state index in [9.17, 15) is 4.79 Å². The van der Waals surface area contributed by atoms with Gasteiger partial charge in [0.2, 0.25) is 0 Å². The lowest BCUT2D eigenvalue weighted by Crippen LogP contribution is -2.47. The van der Waals surface area contributed by atoms with Crippen LogP contribution in [0.4, 0.5) is 22.0 Å². The van der Waals surface area contributed by atoms with Gasteiger partial charge in [-0.05, 0) is 44.9 Å². The topological polar surface area (TPSA) is 112 Å². The molecule has 1 aliphatic rings. The van der Waals surface area contributed by atoms with Crippen molar-refractivity contribution in [2.75, 3.05) is 17.2 Å². The van der Waals surface area contributed by atoms with Crippen molar-refractivity contribution in [2.45, 2.75) is 51.7 Å². The van der Waals surface area contributed by atoms with E-state index in [0.717, 1.165) is 37.1 Å². The number of hydrogen-bond donors (Lipinski definition) is 4. The fourth-order valence-corrected chi connectivity index (χ4v) is 3.54. The van der Waals surface area contributed by atoms with Crippen molar-refractivity contribution in [1.29, 1.82) is 5.41 Å². The monoisotopic (exact) mass is 396 g/mol. The molecule has 1 saturated carbocycles. The molecule has 1 aliphatic carbocycles. The maximum atomic E-state index is 12.4. The predicted molar refractivity (Wildman–Crippen MR) is 114 cm³/mol. The maximum absolute atomic E-state index is 12.4. The minimum Gasteiger partial charge on any atom is -0.376 e. The first-order valence-electron chi connectivity index (χ1n) is 9.98. The number of amides is 2. The summed E-state index contributed by atoms with van der Waals surface area (Å²) in [7, 11) is 0. The smallest absolute Gasteiger partial charge is 0.320 e. The van der Waals surface area contributed by atoms with Gasteiger partial charge in [0.25, 0.3) is 0 Å². The molecule has 4 N–H and O–H groups in total. The standard InChI is InChI=1S/C21H28N6O2/c1-3-29-19-7-5-4-6-17(19)26-21(28)27-20-11-15(12-22)18(13-24-20)25-16-8-9-23-14(2)10-16/h8-13,17,19,22H,3-7H2,1-2H3,(H,23,25)(H2,24,26,27,28)/t17-,19-/m0/s1. The molecule has 2 atom stereocenters. The van der Waals surface area contributed by atoms with Crippen LogP contribution in [0.5, 0.6) is 0 Å². The average Bonchev–Trinajstić information content (AvgIpc) is 2.71. The molecule has 154 valence electrons. The average molecular weight is 396 g/mol. The van der Waals surface area contributed by atoms with Gasteiger partial charge in [-0.1, -0.05) is 12.8 Å². The van der Waals surface area contributed by atoms with E-state index in [1.54, 1.807) is 18.5 Å². The van der Waals surface area contributed by atoms with Gasteiger partial charge in [0, 0.05) is 36.0 Å². The van der Waals surface area contributed by atoms with Crippen molar-refractivity contribution in [1.82, 2.24) is 15.3 Å². The summed E-state index contributed by atoms with van der Waals surface area (Å²) in [5.74, 6) is 0.390. The Morgan fingerprint density at radius 1 is 1.31 bits per heavy atom. The third kappa shape index (κ3) is 5.74. The Bertz CT molecular complexity index is 855. The van der Waals surface area contributed by atoms with Crippen LogP contribution in [0.25, 0.3) is 0 Å². The van der Waals surface area contributed by atoms with Gasteiger partial charge >= 0.3 is 6.03 Å². The highest BCUT2D eigenvalue weighted by Gasteiger charge is 2.26. The minimum atomic E-state index is -0.310. The zero-order chi connectivity index (χ0) is 20.6. The highest BCUT2D eigenvalue weighted by Crippen LogP contribution is 2.23. The molecule has 0 unspecified atom stereocenters. The highest BCUT2D eigenvalue weighted by atomic mass is 16.5.